The van der Waals surface area contributed by atoms with E-state index in [2.05, 4.69) is 32.7 Å². The second kappa shape index (κ2) is 10.7. The second-order valence-electron chi connectivity index (χ2n) is 8.22. The number of amides is 1. The van der Waals surface area contributed by atoms with Crippen LogP contribution in [0.5, 0.6) is 5.75 Å². The Morgan fingerprint density at radius 3 is 2.79 bits per heavy atom. The average Bonchev–Trinajstić information content (AvgIpc) is 2.96. The van der Waals surface area contributed by atoms with E-state index in [1.54, 1.807) is 18.3 Å². The van der Waals surface area contributed by atoms with Gasteiger partial charge >= 0.3 is 0 Å². The number of benzene rings is 2. The molecule has 0 saturated carbocycles. The standard InChI is InChI=1S/C26H29ClN4O2/c1-28-14-12-24(18-7-4-3-5-8-18)33-21-11-10-19(23(27)16-21)15-20-17-30-26(32)22-9-6-13-29-25(22)31(20)2/h3-11,13,16,20,24,28H,12,14-15,17H2,1-2H3,(H,30,32)/t20-,24?/m0/s1. The zero-order valence-electron chi connectivity index (χ0n) is 18.9. The summed E-state index contributed by atoms with van der Waals surface area (Å²) in [5.41, 5.74) is 2.72. The monoisotopic (exact) mass is 464 g/mol. The number of pyridine rings is 1. The molecule has 0 radical (unpaired) electrons. The molecule has 3 aromatic rings. The number of aromatic nitrogens is 1. The first kappa shape index (κ1) is 23.1. The van der Waals surface area contributed by atoms with Gasteiger partial charge in [-0.2, -0.15) is 0 Å². The van der Waals surface area contributed by atoms with E-state index in [1.807, 2.05) is 50.5 Å². The van der Waals surface area contributed by atoms with E-state index in [4.69, 9.17) is 16.3 Å². The lowest BCUT2D eigenvalue weighted by atomic mass is 10.0. The molecule has 6 nitrogen and oxygen atoms in total. The first-order valence-corrected chi connectivity index (χ1v) is 11.5. The normalized spacial score (nSPS) is 16.5. The number of hydrogen-bond donors (Lipinski definition) is 2. The van der Waals surface area contributed by atoms with Crippen LogP contribution in [-0.2, 0) is 6.42 Å². The first-order valence-electron chi connectivity index (χ1n) is 11.2. The van der Waals surface area contributed by atoms with Crippen LogP contribution in [-0.4, -0.2) is 44.1 Å². The van der Waals surface area contributed by atoms with Crippen molar-refractivity contribution in [2.24, 2.45) is 0 Å². The molecule has 0 bridgehead atoms. The summed E-state index contributed by atoms with van der Waals surface area (Å²) < 4.78 is 6.33. The Kier molecular flexibility index (Phi) is 7.47. The lowest BCUT2D eigenvalue weighted by Crippen LogP contribution is -2.40. The molecule has 172 valence electrons. The second-order valence-corrected chi connectivity index (χ2v) is 8.62. The first-order chi connectivity index (χ1) is 16.1. The van der Waals surface area contributed by atoms with E-state index in [9.17, 15) is 4.79 Å². The fourth-order valence-electron chi connectivity index (χ4n) is 4.10. The van der Waals surface area contributed by atoms with Gasteiger partial charge in [-0.3, -0.25) is 4.79 Å². The highest BCUT2D eigenvalue weighted by Gasteiger charge is 2.27. The van der Waals surface area contributed by atoms with Crippen LogP contribution in [0.15, 0.2) is 66.9 Å². The zero-order chi connectivity index (χ0) is 23.2. The number of carbonyl (C=O) groups is 1. The van der Waals surface area contributed by atoms with Crippen molar-refractivity contribution in [1.82, 2.24) is 15.6 Å². The van der Waals surface area contributed by atoms with Gasteiger partial charge in [0.05, 0.1) is 11.6 Å². The molecular weight excluding hydrogens is 436 g/mol. The summed E-state index contributed by atoms with van der Waals surface area (Å²) in [7, 11) is 3.91. The largest absolute Gasteiger partial charge is 0.486 e. The van der Waals surface area contributed by atoms with E-state index >= 15 is 0 Å². The number of nitrogens with one attached hydrogen (secondary N) is 2. The van der Waals surface area contributed by atoms with Gasteiger partial charge in [-0.1, -0.05) is 48.0 Å². The van der Waals surface area contributed by atoms with Crippen LogP contribution in [0.2, 0.25) is 5.02 Å². The van der Waals surface area contributed by atoms with Gasteiger partial charge in [0.1, 0.15) is 17.7 Å². The zero-order valence-corrected chi connectivity index (χ0v) is 19.7. The molecule has 1 amide bonds. The molecule has 7 heteroatoms. The van der Waals surface area contributed by atoms with Crippen LogP contribution in [0.4, 0.5) is 5.82 Å². The summed E-state index contributed by atoms with van der Waals surface area (Å²) >= 11 is 6.69. The Labute approximate surface area is 199 Å². The molecule has 1 aromatic heterocycles. The van der Waals surface area contributed by atoms with Crippen molar-refractivity contribution in [3.8, 4) is 5.75 Å². The minimum Gasteiger partial charge on any atom is -0.486 e. The predicted molar refractivity (Wildman–Crippen MR) is 132 cm³/mol. The minimum atomic E-state index is -0.101. The van der Waals surface area contributed by atoms with E-state index in [-0.39, 0.29) is 18.1 Å². The highest BCUT2D eigenvalue weighted by atomic mass is 35.5. The lowest BCUT2D eigenvalue weighted by molar-refractivity contribution is 0.0955. The van der Waals surface area contributed by atoms with Gasteiger partial charge in [-0.05, 0) is 55.4 Å². The Bertz CT molecular complexity index is 1090. The van der Waals surface area contributed by atoms with Crippen LogP contribution >= 0.6 is 11.6 Å². The molecule has 2 atom stereocenters. The highest BCUT2D eigenvalue weighted by molar-refractivity contribution is 6.31. The van der Waals surface area contributed by atoms with Crippen molar-refractivity contribution in [3.63, 3.8) is 0 Å². The number of halogens is 1. The average molecular weight is 465 g/mol. The molecule has 0 saturated heterocycles. The smallest absolute Gasteiger partial charge is 0.255 e. The van der Waals surface area contributed by atoms with Crippen LogP contribution in [0.25, 0.3) is 0 Å². The maximum absolute atomic E-state index is 12.4. The third-order valence-electron chi connectivity index (χ3n) is 6.00. The van der Waals surface area contributed by atoms with Gasteiger partial charge < -0.3 is 20.3 Å². The number of rotatable bonds is 8. The SMILES string of the molecule is CNCCC(Oc1ccc(C[C@H]2CNC(=O)c3cccnc3N2C)c(Cl)c1)c1ccccc1. The van der Waals surface area contributed by atoms with Gasteiger partial charge in [0.15, 0.2) is 0 Å². The van der Waals surface area contributed by atoms with Gasteiger partial charge in [0.2, 0.25) is 0 Å². The quantitative estimate of drug-likeness (QED) is 0.521. The molecule has 4 rings (SSSR count). The molecule has 2 N–H and O–H groups in total. The molecule has 0 spiro atoms. The van der Waals surface area contributed by atoms with Crippen molar-refractivity contribution >= 4 is 23.3 Å². The summed E-state index contributed by atoms with van der Waals surface area (Å²) in [4.78, 5) is 18.9. The highest BCUT2D eigenvalue weighted by Crippen LogP contribution is 2.30. The van der Waals surface area contributed by atoms with E-state index in [0.29, 0.717) is 29.4 Å². The summed E-state index contributed by atoms with van der Waals surface area (Å²) in [5.74, 6) is 1.32. The fraction of sp³-hybridized carbons (Fsp3) is 0.308. The Morgan fingerprint density at radius 1 is 1.21 bits per heavy atom. The third kappa shape index (κ3) is 5.46. The number of hydrogen-bond acceptors (Lipinski definition) is 5. The number of ether oxygens (including phenoxy) is 1. The summed E-state index contributed by atoms with van der Waals surface area (Å²) in [6, 6.07) is 19.7. The van der Waals surface area contributed by atoms with Crippen molar-refractivity contribution < 1.29 is 9.53 Å². The number of fused-ring (bicyclic) bond motifs is 1. The van der Waals surface area contributed by atoms with Crippen molar-refractivity contribution in [1.29, 1.82) is 0 Å². The van der Waals surface area contributed by atoms with E-state index in [0.717, 1.165) is 29.8 Å². The number of nitrogens with zero attached hydrogens (tertiary/aromatic N) is 2. The fourth-order valence-corrected chi connectivity index (χ4v) is 4.35. The van der Waals surface area contributed by atoms with Crippen molar-refractivity contribution in [2.45, 2.75) is 25.0 Å². The molecular formula is C26H29ClN4O2. The lowest BCUT2D eigenvalue weighted by Gasteiger charge is -2.28. The Hall–Kier alpha value is -3.09. The maximum Gasteiger partial charge on any atom is 0.255 e. The molecule has 1 aliphatic heterocycles. The number of carbonyl (C=O) groups excluding carboxylic acids is 1. The summed E-state index contributed by atoms with van der Waals surface area (Å²) in [6.45, 7) is 1.36. The molecule has 0 fully saturated rings. The molecule has 1 unspecified atom stereocenters. The molecule has 2 heterocycles. The topological polar surface area (TPSA) is 66.5 Å². The van der Waals surface area contributed by atoms with E-state index < -0.39 is 0 Å². The Balaban J connectivity index is 1.50. The maximum atomic E-state index is 12.4. The minimum absolute atomic E-state index is 0.0297. The van der Waals surface area contributed by atoms with Gasteiger partial charge in [-0.15, -0.1) is 0 Å². The number of anilines is 1. The van der Waals surface area contributed by atoms with Crippen LogP contribution in [0.3, 0.4) is 0 Å². The summed E-state index contributed by atoms with van der Waals surface area (Å²) in [6.07, 6.45) is 3.17. The Morgan fingerprint density at radius 2 is 2.03 bits per heavy atom. The predicted octanol–water partition coefficient (Wildman–Crippen LogP) is 4.26. The van der Waals surface area contributed by atoms with Crippen LogP contribution in [0, 0.1) is 0 Å². The van der Waals surface area contributed by atoms with Gasteiger partial charge in [0.25, 0.3) is 5.91 Å². The third-order valence-corrected chi connectivity index (χ3v) is 6.35. The van der Waals surface area contributed by atoms with Crippen molar-refractivity contribution in [2.75, 3.05) is 32.1 Å². The van der Waals surface area contributed by atoms with Crippen molar-refractivity contribution in [3.05, 3.63) is 88.6 Å². The van der Waals surface area contributed by atoms with Crippen LogP contribution < -0.4 is 20.3 Å². The van der Waals surface area contributed by atoms with Gasteiger partial charge in [-0.25, -0.2) is 4.98 Å². The molecule has 1 aliphatic rings. The summed E-state index contributed by atoms with van der Waals surface area (Å²) in [5, 5.41) is 6.85. The van der Waals surface area contributed by atoms with Crippen LogP contribution in [0.1, 0.15) is 34.0 Å². The molecule has 2 aromatic carbocycles. The number of likely N-dealkylation sites (N-methyl/N-ethyl adjacent to an activating group) is 1. The van der Waals surface area contributed by atoms with Gasteiger partial charge in [0, 0.05) is 31.2 Å². The molecule has 33 heavy (non-hydrogen) atoms. The molecule has 0 aliphatic carbocycles. The van der Waals surface area contributed by atoms with E-state index in [1.165, 1.54) is 0 Å².